The summed E-state index contributed by atoms with van der Waals surface area (Å²) in [7, 11) is 0. The Hall–Kier alpha value is -0.650. The molecule has 0 aromatic heterocycles. The lowest BCUT2D eigenvalue weighted by atomic mass is 10.00. The van der Waals surface area contributed by atoms with Crippen molar-refractivity contribution < 1.29 is 15.0 Å². The first-order chi connectivity index (χ1) is 6.36. The van der Waals surface area contributed by atoms with Gasteiger partial charge in [-0.05, 0) is 20.3 Å². The van der Waals surface area contributed by atoms with Crippen LogP contribution in [0.2, 0.25) is 0 Å². The van der Waals surface area contributed by atoms with Crippen molar-refractivity contribution >= 4 is 5.97 Å². The van der Waals surface area contributed by atoms with Gasteiger partial charge in [0, 0.05) is 12.1 Å². The maximum absolute atomic E-state index is 10.3. The highest BCUT2D eigenvalue weighted by Crippen LogP contribution is 2.05. The molecule has 0 aromatic carbocycles. The number of aliphatic hydroxyl groups excluding tert-OH is 1. The molecule has 0 radical (unpaired) electrons. The molecule has 0 aliphatic heterocycles. The maximum atomic E-state index is 10.3. The lowest BCUT2D eigenvalue weighted by molar-refractivity contribution is -0.142. The molecule has 3 atom stereocenters. The van der Waals surface area contributed by atoms with Crippen molar-refractivity contribution in [3.05, 3.63) is 0 Å². The number of rotatable bonds is 4. The summed E-state index contributed by atoms with van der Waals surface area (Å²) < 4.78 is 0. The summed E-state index contributed by atoms with van der Waals surface area (Å²) in [6, 6.07) is -0.303. The van der Waals surface area contributed by atoms with Crippen molar-refractivity contribution in [1.29, 1.82) is 0 Å². The molecule has 5 heteroatoms. The van der Waals surface area contributed by atoms with Gasteiger partial charge in [0.05, 0.1) is 12.5 Å². The van der Waals surface area contributed by atoms with Crippen molar-refractivity contribution in [2.45, 2.75) is 39.3 Å². The largest absolute Gasteiger partial charge is 0.481 e. The van der Waals surface area contributed by atoms with Crippen molar-refractivity contribution in [2.24, 2.45) is 17.4 Å². The van der Waals surface area contributed by atoms with Crippen molar-refractivity contribution in [2.75, 3.05) is 6.61 Å². The number of carboxylic acid groups (broad SMARTS) is 1. The highest BCUT2D eigenvalue weighted by molar-refractivity contribution is 5.70. The molecule has 0 heterocycles. The summed E-state index contributed by atoms with van der Waals surface area (Å²) in [6.07, 6.45) is 0.604. The first kappa shape index (κ1) is 15.8. The summed E-state index contributed by atoms with van der Waals surface area (Å²) in [5.74, 6) is -1.18. The third kappa shape index (κ3) is 9.44. The molecule has 0 rings (SSSR count). The van der Waals surface area contributed by atoms with E-state index < -0.39 is 5.97 Å². The Morgan fingerprint density at radius 3 is 1.71 bits per heavy atom. The van der Waals surface area contributed by atoms with E-state index in [1.165, 1.54) is 0 Å². The Morgan fingerprint density at radius 2 is 1.71 bits per heavy atom. The molecule has 86 valence electrons. The monoisotopic (exact) mass is 206 g/mol. The molecule has 14 heavy (non-hydrogen) atoms. The molecule has 5 nitrogen and oxygen atoms in total. The van der Waals surface area contributed by atoms with Crippen LogP contribution in [0.3, 0.4) is 0 Å². The molecule has 0 aromatic rings. The zero-order valence-electron chi connectivity index (χ0n) is 9.10. The summed E-state index contributed by atoms with van der Waals surface area (Å²) in [4.78, 5) is 10.3. The number of carbonyl (C=O) groups is 1. The fourth-order valence-corrected chi connectivity index (χ4v) is 0.771. The summed E-state index contributed by atoms with van der Waals surface area (Å²) in [5.41, 5.74) is 10.4. The Bertz CT molecular complexity index is 149. The van der Waals surface area contributed by atoms with Gasteiger partial charge in [0.1, 0.15) is 0 Å². The van der Waals surface area contributed by atoms with Crippen LogP contribution < -0.4 is 11.5 Å². The second-order valence-electron chi connectivity index (χ2n) is 3.37. The summed E-state index contributed by atoms with van der Waals surface area (Å²) >= 11 is 0. The molecule has 0 fully saturated rings. The van der Waals surface area contributed by atoms with Crippen LogP contribution in [0.5, 0.6) is 0 Å². The Balaban J connectivity index is 0. The highest BCUT2D eigenvalue weighted by atomic mass is 16.4. The van der Waals surface area contributed by atoms with Gasteiger partial charge in [-0.25, -0.2) is 0 Å². The first-order valence-electron chi connectivity index (χ1n) is 4.71. The van der Waals surface area contributed by atoms with Crippen molar-refractivity contribution in [3.8, 4) is 0 Å². The number of carboxylic acids is 1. The second-order valence-corrected chi connectivity index (χ2v) is 3.37. The van der Waals surface area contributed by atoms with Gasteiger partial charge in [-0.3, -0.25) is 4.79 Å². The van der Waals surface area contributed by atoms with E-state index in [2.05, 4.69) is 0 Å². The molecule has 0 aliphatic rings. The molecule has 0 saturated heterocycles. The molecular weight excluding hydrogens is 184 g/mol. The SMILES string of the molecule is CC(N)CO.CCC(C(=O)O)C(C)N. The van der Waals surface area contributed by atoms with Gasteiger partial charge in [-0.1, -0.05) is 6.92 Å². The molecule has 6 N–H and O–H groups in total. The predicted molar refractivity (Wildman–Crippen MR) is 55.8 cm³/mol. The zero-order valence-corrected chi connectivity index (χ0v) is 9.10. The second kappa shape index (κ2) is 8.93. The van der Waals surface area contributed by atoms with Gasteiger partial charge in [-0.2, -0.15) is 0 Å². The van der Waals surface area contributed by atoms with Crippen LogP contribution in [-0.4, -0.2) is 34.9 Å². The van der Waals surface area contributed by atoms with Crippen molar-refractivity contribution in [1.82, 2.24) is 0 Å². The number of hydrogen-bond acceptors (Lipinski definition) is 4. The zero-order chi connectivity index (χ0) is 11.7. The first-order valence-corrected chi connectivity index (χ1v) is 4.71. The van der Waals surface area contributed by atoms with E-state index in [1.54, 1.807) is 13.8 Å². The minimum Gasteiger partial charge on any atom is -0.481 e. The van der Waals surface area contributed by atoms with Crippen LogP contribution in [0.4, 0.5) is 0 Å². The summed E-state index contributed by atoms with van der Waals surface area (Å²) in [5, 5.41) is 16.5. The minimum absolute atomic E-state index is 0.0602. The normalized spacial score (nSPS) is 16.1. The smallest absolute Gasteiger partial charge is 0.308 e. The standard InChI is InChI=1S/C6H13NO2.C3H9NO/c1-3-5(4(2)7)6(8)9;1-3(4)2-5/h4-5H,3,7H2,1-2H3,(H,8,9);3,5H,2,4H2,1H3. The van der Waals surface area contributed by atoms with E-state index in [0.717, 1.165) is 0 Å². The number of nitrogens with two attached hydrogens (primary N) is 2. The van der Waals surface area contributed by atoms with Crippen LogP contribution in [0.15, 0.2) is 0 Å². The number of hydrogen-bond donors (Lipinski definition) is 4. The summed E-state index contributed by atoms with van der Waals surface area (Å²) in [6.45, 7) is 5.37. The van der Waals surface area contributed by atoms with Crippen LogP contribution in [0.1, 0.15) is 27.2 Å². The topological polar surface area (TPSA) is 110 Å². The van der Waals surface area contributed by atoms with E-state index in [4.69, 9.17) is 21.7 Å². The molecule has 0 bridgehead atoms. The van der Waals surface area contributed by atoms with Gasteiger partial charge in [0.25, 0.3) is 0 Å². The van der Waals surface area contributed by atoms with Gasteiger partial charge >= 0.3 is 5.97 Å². The third-order valence-corrected chi connectivity index (χ3v) is 1.68. The van der Waals surface area contributed by atoms with Crippen LogP contribution in [0, 0.1) is 5.92 Å². The van der Waals surface area contributed by atoms with Gasteiger partial charge in [0.15, 0.2) is 0 Å². The fourth-order valence-electron chi connectivity index (χ4n) is 0.771. The van der Waals surface area contributed by atoms with E-state index in [9.17, 15) is 4.79 Å². The van der Waals surface area contributed by atoms with Crippen LogP contribution in [-0.2, 0) is 4.79 Å². The van der Waals surface area contributed by atoms with Gasteiger partial charge < -0.3 is 21.7 Å². The minimum atomic E-state index is -0.799. The number of aliphatic carboxylic acids is 1. The van der Waals surface area contributed by atoms with E-state index in [1.807, 2.05) is 6.92 Å². The molecule has 0 spiro atoms. The Labute approximate surface area is 85.1 Å². The van der Waals surface area contributed by atoms with E-state index in [-0.39, 0.29) is 24.6 Å². The lowest BCUT2D eigenvalue weighted by Crippen LogP contribution is -2.32. The maximum Gasteiger partial charge on any atom is 0.308 e. The van der Waals surface area contributed by atoms with E-state index >= 15 is 0 Å². The molecule has 3 unspecified atom stereocenters. The van der Waals surface area contributed by atoms with Gasteiger partial charge in [0.2, 0.25) is 0 Å². The third-order valence-electron chi connectivity index (χ3n) is 1.68. The molecule has 0 aliphatic carbocycles. The fraction of sp³-hybridized carbons (Fsp3) is 0.889. The van der Waals surface area contributed by atoms with Crippen molar-refractivity contribution in [3.63, 3.8) is 0 Å². The van der Waals surface area contributed by atoms with Gasteiger partial charge in [-0.15, -0.1) is 0 Å². The van der Waals surface area contributed by atoms with E-state index in [0.29, 0.717) is 6.42 Å². The average molecular weight is 206 g/mol. The van der Waals surface area contributed by atoms with Crippen LogP contribution in [0.25, 0.3) is 0 Å². The molecular formula is C9H22N2O3. The highest BCUT2D eigenvalue weighted by Gasteiger charge is 2.18. The van der Waals surface area contributed by atoms with Crippen LogP contribution >= 0.6 is 0 Å². The molecule has 0 amide bonds. The Kier molecular flexibility index (Phi) is 10.1. The number of aliphatic hydroxyl groups is 1. The predicted octanol–water partition coefficient (Wildman–Crippen LogP) is -0.230. The quantitative estimate of drug-likeness (QED) is 0.508. The average Bonchev–Trinajstić information content (AvgIpc) is 2.05. The Morgan fingerprint density at radius 1 is 1.36 bits per heavy atom. The molecule has 0 saturated carbocycles. The lowest BCUT2D eigenvalue weighted by Gasteiger charge is -2.12.